The van der Waals surface area contributed by atoms with Crippen molar-refractivity contribution in [2.75, 3.05) is 25.0 Å². The molecule has 1 saturated heterocycles. The van der Waals surface area contributed by atoms with Gasteiger partial charge in [0.05, 0.1) is 0 Å². The summed E-state index contributed by atoms with van der Waals surface area (Å²) in [6, 6.07) is 7.70. The number of sulfonamides is 1. The Morgan fingerprint density at radius 3 is 2.56 bits per heavy atom. The highest BCUT2D eigenvalue weighted by Crippen LogP contribution is 2.24. The van der Waals surface area contributed by atoms with E-state index in [2.05, 4.69) is 4.98 Å². The number of benzene rings is 1. The number of aromatic nitrogens is 1. The van der Waals surface area contributed by atoms with E-state index in [1.54, 1.807) is 30.1 Å². The van der Waals surface area contributed by atoms with Crippen molar-refractivity contribution in [1.29, 1.82) is 0 Å². The maximum Gasteiger partial charge on any atom is 0.244 e. The molecule has 0 unspecified atom stereocenters. The van der Waals surface area contributed by atoms with Crippen molar-refractivity contribution in [3.05, 3.63) is 52.9 Å². The third kappa shape index (κ3) is 3.78. The van der Waals surface area contributed by atoms with Gasteiger partial charge in [-0.25, -0.2) is 17.8 Å². The van der Waals surface area contributed by atoms with E-state index in [-0.39, 0.29) is 17.3 Å². The Labute approximate surface area is 152 Å². The molecule has 1 aliphatic heterocycles. The Balaban J connectivity index is 1.78. The molecule has 1 aromatic carbocycles. The van der Waals surface area contributed by atoms with Crippen LogP contribution in [0.25, 0.3) is 0 Å². The van der Waals surface area contributed by atoms with Crippen LogP contribution < -0.4 is 4.90 Å². The van der Waals surface area contributed by atoms with E-state index in [0.29, 0.717) is 29.5 Å². The predicted molar refractivity (Wildman–Crippen MR) is 95.7 cm³/mol. The Bertz CT molecular complexity index is 832. The normalized spacial score (nSPS) is 15.5. The Morgan fingerprint density at radius 1 is 1.24 bits per heavy atom. The van der Waals surface area contributed by atoms with Crippen molar-refractivity contribution in [2.24, 2.45) is 0 Å². The van der Waals surface area contributed by atoms with Gasteiger partial charge in [-0.2, -0.15) is 4.31 Å². The van der Waals surface area contributed by atoms with Crippen LogP contribution in [0, 0.1) is 5.82 Å². The quantitative estimate of drug-likeness (QED) is 0.795. The molecular formula is C17H19ClFN3O2S. The summed E-state index contributed by atoms with van der Waals surface area (Å²) in [5.41, 5.74) is 0.377. The van der Waals surface area contributed by atoms with E-state index in [9.17, 15) is 12.8 Å². The lowest BCUT2D eigenvalue weighted by Gasteiger charge is -2.20. The summed E-state index contributed by atoms with van der Waals surface area (Å²) in [6.45, 7) is 1.34. The number of hydrogen-bond donors (Lipinski definition) is 0. The summed E-state index contributed by atoms with van der Waals surface area (Å²) < 4.78 is 40.4. The molecule has 8 heteroatoms. The van der Waals surface area contributed by atoms with Gasteiger partial charge in [0.25, 0.3) is 0 Å². The lowest BCUT2D eigenvalue weighted by Crippen LogP contribution is -2.28. The van der Waals surface area contributed by atoms with Crippen LogP contribution in [0.1, 0.15) is 18.4 Å². The van der Waals surface area contributed by atoms with Crippen LogP contribution in [0.4, 0.5) is 10.2 Å². The molecule has 2 heterocycles. The minimum Gasteiger partial charge on any atom is -0.355 e. The molecule has 3 rings (SSSR count). The van der Waals surface area contributed by atoms with Gasteiger partial charge in [-0.15, -0.1) is 0 Å². The highest BCUT2D eigenvalue weighted by molar-refractivity contribution is 7.89. The van der Waals surface area contributed by atoms with E-state index in [0.717, 1.165) is 12.8 Å². The van der Waals surface area contributed by atoms with Crippen molar-refractivity contribution in [1.82, 2.24) is 9.29 Å². The largest absolute Gasteiger partial charge is 0.355 e. The van der Waals surface area contributed by atoms with Gasteiger partial charge < -0.3 is 4.90 Å². The van der Waals surface area contributed by atoms with E-state index in [4.69, 9.17) is 11.6 Å². The molecule has 0 atom stereocenters. The van der Waals surface area contributed by atoms with Crippen LogP contribution in [-0.4, -0.2) is 37.8 Å². The molecule has 0 aliphatic carbocycles. The van der Waals surface area contributed by atoms with Crippen LogP contribution in [0.5, 0.6) is 0 Å². The minimum absolute atomic E-state index is 0.176. The number of pyridine rings is 1. The second-order valence-electron chi connectivity index (χ2n) is 6.02. The average molecular weight is 384 g/mol. The maximum absolute atomic E-state index is 13.9. The first-order valence-electron chi connectivity index (χ1n) is 8.00. The van der Waals surface area contributed by atoms with Crippen LogP contribution in [0.15, 0.2) is 41.4 Å². The molecule has 1 aliphatic rings. The highest BCUT2D eigenvalue weighted by Gasteiger charge is 2.27. The van der Waals surface area contributed by atoms with Gasteiger partial charge in [-0.3, -0.25) is 0 Å². The lowest BCUT2D eigenvalue weighted by molar-refractivity contribution is 0.477. The molecule has 0 radical (unpaired) electrons. The van der Waals surface area contributed by atoms with Crippen LogP contribution in [-0.2, 0) is 16.6 Å². The van der Waals surface area contributed by atoms with Crippen molar-refractivity contribution >= 4 is 27.4 Å². The SMILES string of the molecule is CN(Cc1c(F)cccc1Cl)c1ccc(S(=O)(=O)N2CCCC2)cn1. The Morgan fingerprint density at radius 2 is 1.96 bits per heavy atom. The van der Waals surface area contributed by atoms with E-state index in [1.165, 1.54) is 22.6 Å². The van der Waals surface area contributed by atoms with E-state index in [1.807, 2.05) is 0 Å². The van der Waals surface area contributed by atoms with Crippen molar-refractivity contribution in [3.8, 4) is 0 Å². The summed E-state index contributed by atoms with van der Waals surface area (Å²) in [7, 11) is -1.73. The second kappa shape index (κ2) is 7.27. The van der Waals surface area contributed by atoms with E-state index >= 15 is 0 Å². The van der Waals surface area contributed by atoms with Gasteiger partial charge in [-0.05, 0) is 37.1 Å². The van der Waals surface area contributed by atoms with Crippen molar-refractivity contribution in [2.45, 2.75) is 24.3 Å². The topological polar surface area (TPSA) is 53.5 Å². The van der Waals surface area contributed by atoms with E-state index < -0.39 is 10.0 Å². The van der Waals surface area contributed by atoms with Crippen LogP contribution in [0.2, 0.25) is 5.02 Å². The highest BCUT2D eigenvalue weighted by atomic mass is 35.5. The Kier molecular flexibility index (Phi) is 5.27. The molecule has 1 aromatic heterocycles. The second-order valence-corrected chi connectivity index (χ2v) is 8.36. The molecule has 0 N–H and O–H groups in total. The summed E-state index contributed by atoms with van der Waals surface area (Å²) in [5, 5.41) is 0.347. The number of halogens is 2. The molecule has 0 saturated carbocycles. The molecule has 25 heavy (non-hydrogen) atoms. The fraction of sp³-hybridized carbons (Fsp3) is 0.353. The first kappa shape index (κ1) is 18.1. The third-order valence-corrected chi connectivity index (χ3v) is 6.51. The van der Waals surface area contributed by atoms with Gasteiger partial charge in [0.15, 0.2) is 0 Å². The first-order valence-corrected chi connectivity index (χ1v) is 9.81. The van der Waals surface area contributed by atoms with Crippen molar-refractivity contribution in [3.63, 3.8) is 0 Å². The molecule has 0 amide bonds. The molecule has 0 spiro atoms. The van der Waals surface area contributed by atoms with Crippen LogP contribution >= 0.6 is 11.6 Å². The lowest BCUT2D eigenvalue weighted by atomic mass is 10.2. The number of nitrogens with zero attached hydrogens (tertiary/aromatic N) is 3. The van der Waals surface area contributed by atoms with Gasteiger partial charge in [0.2, 0.25) is 10.0 Å². The smallest absolute Gasteiger partial charge is 0.244 e. The number of anilines is 1. The zero-order chi connectivity index (χ0) is 18.0. The third-order valence-electron chi connectivity index (χ3n) is 4.27. The molecule has 5 nitrogen and oxygen atoms in total. The number of rotatable bonds is 5. The summed E-state index contributed by atoms with van der Waals surface area (Å²) >= 11 is 6.05. The fourth-order valence-corrected chi connectivity index (χ4v) is 4.52. The monoisotopic (exact) mass is 383 g/mol. The zero-order valence-corrected chi connectivity index (χ0v) is 15.4. The van der Waals surface area contributed by atoms with Gasteiger partial charge >= 0.3 is 0 Å². The molecule has 134 valence electrons. The molecule has 1 fully saturated rings. The summed E-state index contributed by atoms with van der Waals surface area (Å²) in [4.78, 5) is 6.12. The summed E-state index contributed by atoms with van der Waals surface area (Å²) in [5.74, 6) is 0.160. The standard InChI is InChI=1S/C17H19ClFN3O2S/c1-21(12-14-15(18)5-4-6-16(14)19)17-8-7-13(11-20-17)25(23,24)22-9-2-3-10-22/h4-8,11H,2-3,9-10,12H2,1H3. The molecule has 0 bridgehead atoms. The van der Waals surface area contributed by atoms with Crippen LogP contribution in [0.3, 0.4) is 0 Å². The molecular weight excluding hydrogens is 365 g/mol. The van der Waals surface area contributed by atoms with Gasteiger partial charge in [-0.1, -0.05) is 17.7 Å². The Hall–Kier alpha value is -1.70. The predicted octanol–water partition coefficient (Wildman–Crippen LogP) is 3.30. The summed E-state index contributed by atoms with van der Waals surface area (Å²) in [6.07, 6.45) is 3.12. The fourth-order valence-electron chi connectivity index (χ4n) is 2.83. The van der Waals surface area contributed by atoms with Gasteiger partial charge in [0.1, 0.15) is 16.5 Å². The maximum atomic E-state index is 13.9. The first-order chi connectivity index (χ1) is 11.9. The zero-order valence-electron chi connectivity index (χ0n) is 13.8. The number of hydrogen-bond acceptors (Lipinski definition) is 4. The van der Waals surface area contributed by atoms with Crippen molar-refractivity contribution < 1.29 is 12.8 Å². The average Bonchev–Trinajstić information content (AvgIpc) is 3.14. The van der Waals surface area contributed by atoms with Gasteiger partial charge in [0, 0.05) is 43.5 Å². The molecule has 2 aromatic rings. The minimum atomic E-state index is -3.48.